The molecular formula is C8H20O6PY-. The van der Waals surface area contributed by atoms with Crippen LogP contribution in [-0.4, -0.2) is 35.9 Å². The molecule has 2 N–H and O–H groups in total. The van der Waals surface area contributed by atoms with E-state index >= 15 is 0 Å². The number of hydrogen-bond donors (Lipinski definition) is 2. The van der Waals surface area contributed by atoms with E-state index in [1.165, 1.54) is 6.61 Å². The monoisotopic (exact) mass is 332 g/mol. The zero-order valence-corrected chi connectivity index (χ0v) is 11.4. The van der Waals surface area contributed by atoms with Gasteiger partial charge in [0, 0.05) is 39.8 Å². The summed E-state index contributed by atoms with van der Waals surface area (Å²) in [5.74, 6) is 0. The van der Waals surface area contributed by atoms with Gasteiger partial charge in [-0.2, -0.15) is 0 Å². The number of aliphatic hydroxyl groups is 1. The third-order valence-corrected chi connectivity index (χ3v) is 2.61. The van der Waals surface area contributed by atoms with Crippen molar-refractivity contribution in [3.8, 4) is 0 Å². The summed E-state index contributed by atoms with van der Waals surface area (Å²) in [5.41, 5.74) is 0. The Morgan fingerprint density at radius 2 is 2.12 bits per heavy atom. The van der Waals surface area contributed by atoms with Gasteiger partial charge in [0.2, 0.25) is 0 Å². The van der Waals surface area contributed by atoms with Crippen LogP contribution in [0.2, 0.25) is 0 Å². The second-order valence-electron chi connectivity index (χ2n) is 2.59. The van der Waals surface area contributed by atoms with Crippen LogP contribution in [0, 0.1) is 6.61 Å². The molecule has 3 unspecified atom stereocenters. The van der Waals surface area contributed by atoms with Crippen LogP contribution in [0.5, 0.6) is 0 Å². The Hall–Kier alpha value is 1.13. The molecule has 1 rings (SSSR count). The topological polar surface area (TPSA) is 85.2 Å². The Kier molecular flexibility index (Phi) is 14.1. The molecule has 3 atom stereocenters. The van der Waals surface area contributed by atoms with Crippen LogP contribution in [0.25, 0.3) is 0 Å². The first kappa shape index (κ1) is 22.3. The minimum Gasteiger partial charge on any atom is -0.546 e. The van der Waals surface area contributed by atoms with Gasteiger partial charge in [-0.1, -0.05) is 14.9 Å². The predicted molar refractivity (Wildman–Crippen MR) is 56.0 cm³/mol. The van der Waals surface area contributed by atoms with Gasteiger partial charge in [0.15, 0.2) is 0 Å². The van der Waals surface area contributed by atoms with E-state index in [1.807, 2.05) is 0 Å². The van der Waals surface area contributed by atoms with Gasteiger partial charge in [-0.25, -0.2) is 11.2 Å². The first-order valence-electron chi connectivity index (χ1n) is 3.73. The number of aliphatic hydroxyl groups excluding tert-OH is 1. The molecule has 1 radical (unpaired) electrons. The second-order valence-corrected chi connectivity index (χ2v) is 4.15. The van der Waals surface area contributed by atoms with E-state index in [-0.39, 0.29) is 54.2 Å². The van der Waals surface area contributed by atoms with Crippen LogP contribution in [0.4, 0.5) is 0 Å². The molecule has 0 aliphatic carbocycles. The van der Waals surface area contributed by atoms with Gasteiger partial charge >= 0.3 is 7.82 Å². The molecule has 1 saturated heterocycles. The number of phosphoric ester groups is 1. The van der Waals surface area contributed by atoms with Crippen LogP contribution >= 0.6 is 7.82 Å². The van der Waals surface area contributed by atoms with Crippen molar-refractivity contribution in [3.05, 3.63) is 6.61 Å². The molecule has 16 heavy (non-hydrogen) atoms. The van der Waals surface area contributed by atoms with Crippen molar-refractivity contribution < 1.29 is 61.1 Å². The standard InChI is InChI=1S/C6H12O6P.2CH4.Y/c1-10-13(8,9)12-4-6-5(7)2-3-11-6;;;/h3,5-7H,2,4H2,1H3,(H,8,9);2*1H4;/q-1;;;. The summed E-state index contributed by atoms with van der Waals surface area (Å²) in [6, 6.07) is 0. The molecule has 1 aliphatic heterocycles. The van der Waals surface area contributed by atoms with E-state index in [2.05, 4.69) is 9.05 Å². The fourth-order valence-corrected chi connectivity index (χ4v) is 1.33. The van der Waals surface area contributed by atoms with E-state index in [9.17, 15) is 9.67 Å². The molecule has 97 valence electrons. The molecule has 1 fully saturated rings. The molecule has 8 heteroatoms. The summed E-state index contributed by atoms with van der Waals surface area (Å²) >= 11 is 0. The maximum absolute atomic E-state index is 10.8. The Bertz CT molecular complexity index is 215. The Balaban J connectivity index is -0.000000563. The molecule has 0 amide bonds. The first-order valence-corrected chi connectivity index (χ1v) is 5.23. The summed E-state index contributed by atoms with van der Waals surface area (Å²) < 4.78 is 24.4. The third kappa shape index (κ3) is 7.46. The minimum atomic E-state index is -3.96. The van der Waals surface area contributed by atoms with Crippen molar-refractivity contribution in [2.45, 2.75) is 33.5 Å². The van der Waals surface area contributed by atoms with Crippen molar-refractivity contribution in [3.63, 3.8) is 0 Å². The summed E-state index contributed by atoms with van der Waals surface area (Å²) in [4.78, 5) is 8.83. The van der Waals surface area contributed by atoms with Gasteiger partial charge in [0.1, 0.15) is 0 Å². The van der Waals surface area contributed by atoms with Gasteiger partial charge in [0.25, 0.3) is 0 Å². The molecule has 0 aromatic heterocycles. The smallest absolute Gasteiger partial charge is 0.471 e. The summed E-state index contributed by atoms with van der Waals surface area (Å²) in [6.45, 7) is 1.27. The Morgan fingerprint density at radius 3 is 2.50 bits per heavy atom. The average Bonchev–Trinajstić information content (AvgIpc) is 2.48. The molecular weight excluding hydrogens is 312 g/mol. The van der Waals surface area contributed by atoms with Gasteiger partial charge in [-0.05, 0) is 0 Å². The third-order valence-electron chi connectivity index (χ3n) is 1.67. The molecule has 1 heterocycles. The zero-order chi connectivity index (χ0) is 9.90. The Morgan fingerprint density at radius 1 is 1.56 bits per heavy atom. The van der Waals surface area contributed by atoms with Crippen LogP contribution in [0.3, 0.4) is 0 Å². The first-order chi connectivity index (χ1) is 6.05. The number of hydrogen-bond acceptors (Lipinski definition) is 5. The van der Waals surface area contributed by atoms with E-state index in [4.69, 9.17) is 9.63 Å². The fraction of sp³-hybridized carbons (Fsp3) is 0.875. The van der Waals surface area contributed by atoms with Crippen LogP contribution < -0.4 is 0 Å². The van der Waals surface area contributed by atoms with Crippen molar-refractivity contribution in [1.29, 1.82) is 0 Å². The van der Waals surface area contributed by atoms with E-state index in [1.54, 1.807) is 0 Å². The molecule has 0 bridgehead atoms. The molecule has 0 aromatic carbocycles. The van der Waals surface area contributed by atoms with E-state index in [0.717, 1.165) is 7.11 Å². The average molecular weight is 332 g/mol. The van der Waals surface area contributed by atoms with Crippen molar-refractivity contribution in [2.75, 3.05) is 13.7 Å². The maximum atomic E-state index is 10.8. The van der Waals surface area contributed by atoms with Crippen LogP contribution in [0.15, 0.2) is 0 Å². The van der Waals surface area contributed by atoms with Gasteiger partial charge in [-0.15, -0.1) is 6.42 Å². The van der Waals surface area contributed by atoms with Gasteiger partial charge in [-0.3, -0.25) is 9.05 Å². The number of rotatable bonds is 4. The summed E-state index contributed by atoms with van der Waals surface area (Å²) in [7, 11) is -2.89. The van der Waals surface area contributed by atoms with E-state index in [0.29, 0.717) is 6.42 Å². The summed E-state index contributed by atoms with van der Waals surface area (Å²) in [5, 5.41) is 9.21. The second kappa shape index (κ2) is 10.1. The van der Waals surface area contributed by atoms with Crippen LogP contribution in [-0.2, 0) is 51.1 Å². The summed E-state index contributed by atoms with van der Waals surface area (Å²) in [6.07, 6.45) is -0.871. The minimum absolute atomic E-state index is 0. The quantitative estimate of drug-likeness (QED) is 0.597. The molecule has 0 saturated carbocycles. The predicted octanol–water partition coefficient (Wildman–Crippen LogP) is 1.33. The molecule has 0 spiro atoms. The maximum Gasteiger partial charge on any atom is 0.471 e. The van der Waals surface area contributed by atoms with Gasteiger partial charge in [0.05, 0.1) is 18.8 Å². The zero-order valence-electron chi connectivity index (χ0n) is 7.70. The van der Waals surface area contributed by atoms with Crippen molar-refractivity contribution in [2.24, 2.45) is 0 Å². The fourth-order valence-electron chi connectivity index (χ4n) is 0.891. The molecule has 0 aromatic rings. The normalized spacial score (nSPS) is 26.9. The molecule has 6 nitrogen and oxygen atoms in total. The number of ether oxygens (including phenoxy) is 1. The largest absolute Gasteiger partial charge is 0.546 e. The Labute approximate surface area is 122 Å². The van der Waals surface area contributed by atoms with Gasteiger partial charge < -0.3 is 14.7 Å². The van der Waals surface area contributed by atoms with Crippen molar-refractivity contribution in [1.82, 2.24) is 0 Å². The van der Waals surface area contributed by atoms with E-state index < -0.39 is 20.0 Å². The van der Waals surface area contributed by atoms with Crippen LogP contribution in [0.1, 0.15) is 21.3 Å². The van der Waals surface area contributed by atoms with Crippen molar-refractivity contribution >= 4 is 7.82 Å². The molecule has 1 aliphatic rings. The SMILES string of the molecule is C.C.COP(=O)(O)OCC1O[CH-]CC1O.[Y]. The number of phosphoric acid groups is 1.